The van der Waals surface area contributed by atoms with E-state index in [1.165, 1.54) is 17.7 Å². The largest absolute Gasteiger partial charge is 0.463 e. The second kappa shape index (κ2) is 10.2. The average molecular weight is 350 g/mol. The van der Waals surface area contributed by atoms with Crippen molar-refractivity contribution in [3.63, 3.8) is 0 Å². The molecule has 1 atom stereocenters. The minimum atomic E-state index is -0.390. The Morgan fingerprint density at radius 3 is 2.16 bits per heavy atom. The molecule has 0 heterocycles. The van der Waals surface area contributed by atoms with E-state index in [2.05, 4.69) is 53.9 Å². The van der Waals surface area contributed by atoms with Crippen LogP contribution in [0.15, 0.2) is 37.0 Å². The predicted molar refractivity (Wildman–Crippen MR) is 102 cm³/mol. The Morgan fingerprint density at radius 2 is 1.64 bits per heavy atom. The lowest BCUT2D eigenvalue weighted by Crippen LogP contribution is -2.22. The van der Waals surface area contributed by atoms with Gasteiger partial charge in [-0.3, -0.25) is 0 Å². The Kier molecular flexibility index (Phi) is 9.47. The molecule has 0 saturated carbocycles. The summed E-state index contributed by atoms with van der Waals surface area (Å²) < 4.78 is 10.3. The summed E-state index contributed by atoms with van der Waals surface area (Å²) in [4.78, 5) is 22.4. The van der Waals surface area contributed by atoms with Crippen molar-refractivity contribution in [2.75, 3.05) is 6.61 Å². The molecule has 0 saturated heterocycles. The van der Waals surface area contributed by atoms with Crippen molar-refractivity contribution in [2.24, 2.45) is 10.8 Å². The zero-order valence-electron chi connectivity index (χ0n) is 16.7. The summed E-state index contributed by atoms with van der Waals surface area (Å²) in [7, 11) is 0. The minimum absolute atomic E-state index is 0.0268. The summed E-state index contributed by atoms with van der Waals surface area (Å²) in [5.41, 5.74) is 1.21. The second-order valence-corrected chi connectivity index (χ2v) is 8.10. The number of allylic oxidation sites excluding steroid dienone is 2. The monoisotopic (exact) mass is 350 g/mol. The van der Waals surface area contributed by atoms with Crippen molar-refractivity contribution >= 4 is 11.9 Å². The van der Waals surface area contributed by atoms with Crippen LogP contribution < -0.4 is 0 Å². The summed E-state index contributed by atoms with van der Waals surface area (Å²) in [6, 6.07) is 0. The van der Waals surface area contributed by atoms with Crippen LogP contribution in [0.5, 0.6) is 0 Å². The second-order valence-electron chi connectivity index (χ2n) is 8.10. The maximum absolute atomic E-state index is 11.3. The number of hydrogen-bond donors (Lipinski definition) is 0. The zero-order valence-corrected chi connectivity index (χ0v) is 16.7. The van der Waals surface area contributed by atoms with Crippen LogP contribution in [0, 0.1) is 10.8 Å². The highest BCUT2D eigenvalue weighted by Gasteiger charge is 2.23. The first-order valence-electron chi connectivity index (χ1n) is 8.71. The summed E-state index contributed by atoms with van der Waals surface area (Å²) in [5.74, 6) is -0.772. The summed E-state index contributed by atoms with van der Waals surface area (Å²) in [5, 5.41) is 0. The van der Waals surface area contributed by atoms with Crippen LogP contribution in [0.1, 0.15) is 60.8 Å². The normalized spacial score (nSPS) is 13.8. The van der Waals surface area contributed by atoms with Crippen LogP contribution >= 0.6 is 0 Å². The van der Waals surface area contributed by atoms with Crippen LogP contribution in [0.4, 0.5) is 0 Å². The fraction of sp³-hybridized carbons (Fsp3) is 0.619. The first-order valence-corrected chi connectivity index (χ1v) is 8.71. The molecular formula is C21H34O4. The van der Waals surface area contributed by atoms with Gasteiger partial charge in [0.05, 0.1) is 6.61 Å². The molecule has 0 radical (unpaired) electrons. The Balaban J connectivity index is 4.64. The van der Waals surface area contributed by atoms with E-state index in [4.69, 9.17) is 9.47 Å². The Morgan fingerprint density at radius 1 is 1.08 bits per heavy atom. The lowest BCUT2D eigenvalue weighted by atomic mass is 9.79. The summed E-state index contributed by atoms with van der Waals surface area (Å²) in [6.07, 6.45) is 6.86. The highest BCUT2D eigenvalue weighted by Crippen LogP contribution is 2.33. The van der Waals surface area contributed by atoms with Gasteiger partial charge >= 0.3 is 11.9 Å². The van der Waals surface area contributed by atoms with Crippen LogP contribution in [-0.4, -0.2) is 24.6 Å². The Labute approximate surface area is 153 Å². The maximum atomic E-state index is 11.3. The van der Waals surface area contributed by atoms with E-state index in [9.17, 15) is 9.59 Å². The Bertz CT molecular complexity index is 512. The number of hydrogen-bond acceptors (Lipinski definition) is 4. The molecule has 0 spiro atoms. The van der Waals surface area contributed by atoms with Crippen molar-refractivity contribution < 1.29 is 19.1 Å². The van der Waals surface area contributed by atoms with Gasteiger partial charge in [0.1, 0.15) is 6.10 Å². The van der Waals surface area contributed by atoms with Gasteiger partial charge in [-0.25, -0.2) is 9.59 Å². The molecule has 4 nitrogen and oxygen atoms in total. The molecule has 0 aliphatic carbocycles. The highest BCUT2D eigenvalue weighted by atomic mass is 16.5. The van der Waals surface area contributed by atoms with Gasteiger partial charge in [0, 0.05) is 12.2 Å². The minimum Gasteiger partial charge on any atom is -0.463 e. The van der Waals surface area contributed by atoms with Gasteiger partial charge in [0.15, 0.2) is 0 Å². The molecule has 0 N–H and O–H groups in total. The fourth-order valence-electron chi connectivity index (χ4n) is 3.14. The van der Waals surface area contributed by atoms with Gasteiger partial charge in [0.25, 0.3) is 0 Å². The van der Waals surface area contributed by atoms with Gasteiger partial charge in [-0.15, -0.1) is 0 Å². The van der Waals surface area contributed by atoms with E-state index < -0.39 is 0 Å². The third-order valence-corrected chi connectivity index (χ3v) is 3.88. The van der Waals surface area contributed by atoms with E-state index in [0.29, 0.717) is 6.61 Å². The lowest BCUT2D eigenvalue weighted by Gasteiger charge is -2.28. The van der Waals surface area contributed by atoms with Crippen molar-refractivity contribution in [1.29, 1.82) is 0 Å². The van der Waals surface area contributed by atoms with Gasteiger partial charge in [-0.2, -0.15) is 0 Å². The molecular weight excluding hydrogens is 316 g/mol. The molecule has 0 rings (SSSR count). The molecule has 0 aromatic rings. The topological polar surface area (TPSA) is 52.6 Å². The maximum Gasteiger partial charge on any atom is 0.330 e. The molecule has 0 bridgehead atoms. The lowest BCUT2D eigenvalue weighted by molar-refractivity contribution is -0.143. The number of rotatable bonds is 11. The van der Waals surface area contributed by atoms with Crippen molar-refractivity contribution in [3.8, 4) is 0 Å². The van der Waals surface area contributed by atoms with E-state index >= 15 is 0 Å². The van der Waals surface area contributed by atoms with Crippen LogP contribution in [0.25, 0.3) is 0 Å². The van der Waals surface area contributed by atoms with Gasteiger partial charge < -0.3 is 9.47 Å². The van der Waals surface area contributed by atoms with E-state index in [1.807, 2.05) is 6.92 Å². The molecule has 0 amide bonds. The Hall–Kier alpha value is -1.84. The fourth-order valence-corrected chi connectivity index (χ4v) is 3.14. The molecule has 4 heteroatoms. The number of esters is 2. The van der Waals surface area contributed by atoms with Gasteiger partial charge in [-0.1, -0.05) is 52.5 Å². The molecule has 0 aromatic carbocycles. The zero-order chi connectivity index (χ0) is 19.7. The number of carbonyl (C=O) groups is 2. The molecule has 0 aliphatic rings. The SMILES string of the molecule is C=CC(=O)OCCC(C)(C)C/C(C)=C\C(C)(C)CC(C)OC(=O)C=C. The van der Waals surface area contributed by atoms with Crippen LogP contribution in [0.2, 0.25) is 0 Å². The van der Waals surface area contributed by atoms with E-state index in [0.717, 1.165) is 19.3 Å². The van der Waals surface area contributed by atoms with Crippen LogP contribution in [0.3, 0.4) is 0 Å². The third-order valence-electron chi connectivity index (χ3n) is 3.88. The smallest absolute Gasteiger partial charge is 0.330 e. The van der Waals surface area contributed by atoms with E-state index in [-0.39, 0.29) is 28.9 Å². The molecule has 25 heavy (non-hydrogen) atoms. The first kappa shape index (κ1) is 23.2. The predicted octanol–water partition coefficient (Wildman–Crippen LogP) is 5.00. The van der Waals surface area contributed by atoms with Crippen molar-refractivity contribution in [3.05, 3.63) is 37.0 Å². The van der Waals surface area contributed by atoms with Gasteiger partial charge in [0.2, 0.25) is 0 Å². The molecule has 1 unspecified atom stereocenters. The van der Waals surface area contributed by atoms with E-state index in [1.54, 1.807) is 0 Å². The number of carbonyl (C=O) groups excluding carboxylic acids is 2. The third kappa shape index (κ3) is 11.4. The molecule has 0 fully saturated rings. The molecule has 142 valence electrons. The van der Waals surface area contributed by atoms with Crippen molar-refractivity contribution in [1.82, 2.24) is 0 Å². The first-order chi connectivity index (χ1) is 11.4. The number of ether oxygens (including phenoxy) is 2. The molecule has 0 aliphatic heterocycles. The van der Waals surface area contributed by atoms with Crippen molar-refractivity contribution in [2.45, 2.75) is 66.9 Å². The standard InChI is InChI=1S/C21H34O4/c1-9-18(22)24-12-11-20(5,6)13-16(3)14-21(7,8)15-17(4)25-19(23)10-2/h9-10,14,17H,1-2,11-13,15H2,3-8H3/b16-14-. The quantitative estimate of drug-likeness (QED) is 0.299. The van der Waals surface area contributed by atoms with Crippen LogP contribution in [-0.2, 0) is 19.1 Å². The highest BCUT2D eigenvalue weighted by molar-refractivity contribution is 5.81. The average Bonchev–Trinajstić information content (AvgIpc) is 2.44. The summed E-state index contributed by atoms with van der Waals surface area (Å²) in [6.45, 7) is 19.8. The van der Waals surface area contributed by atoms with Gasteiger partial charge in [-0.05, 0) is 43.9 Å². The summed E-state index contributed by atoms with van der Waals surface area (Å²) >= 11 is 0. The molecule has 0 aromatic heterocycles.